The molecule has 0 aromatic heterocycles. The molecule has 1 aromatic rings. The molecule has 0 aliphatic carbocycles. The van der Waals surface area contributed by atoms with Crippen LogP contribution in [0.1, 0.15) is 11.1 Å². The molecule has 0 spiro atoms. The van der Waals surface area contributed by atoms with E-state index in [1.165, 1.54) is 12.1 Å². The maximum atomic E-state index is 11.3. The number of hydrogen-bond acceptors (Lipinski definition) is 5. The van der Waals surface area contributed by atoms with Gasteiger partial charge in [-0.3, -0.25) is 15.5 Å². The van der Waals surface area contributed by atoms with Crippen LogP contribution in [0.4, 0.5) is 16.2 Å². The number of carbonyl (C=O) groups excluding carboxylic acids is 1. The smallest absolute Gasteiger partial charge is 0.274 e. The van der Waals surface area contributed by atoms with Gasteiger partial charge in [0.05, 0.1) is 10.6 Å². The number of urea groups is 1. The van der Waals surface area contributed by atoms with E-state index in [-0.39, 0.29) is 11.4 Å². The first-order valence-corrected chi connectivity index (χ1v) is 4.69. The summed E-state index contributed by atoms with van der Waals surface area (Å²) in [6, 6.07) is 1.87. The second kappa shape index (κ2) is 4.76. The van der Waals surface area contributed by atoms with Crippen LogP contribution in [0.3, 0.4) is 0 Å². The number of non-ortho nitro benzene ring substituents is 1. The number of rotatable bonds is 2. The number of anilines is 1. The van der Waals surface area contributed by atoms with E-state index in [9.17, 15) is 14.9 Å². The Morgan fingerprint density at radius 3 is 2.53 bits per heavy atom. The molecular formula is C9H13N5O3. The van der Waals surface area contributed by atoms with E-state index in [0.29, 0.717) is 11.1 Å². The van der Waals surface area contributed by atoms with Crippen molar-refractivity contribution in [1.29, 1.82) is 0 Å². The van der Waals surface area contributed by atoms with Crippen molar-refractivity contribution in [3.63, 3.8) is 0 Å². The zero-order valence-corrected chi connectivity index (χ0v) is 9.43. The Kier molecular flexibility index (Phi) is 3.61. The van der Waals surface area contributed by atoms with E-state index in [2.05, 4.69) is 0 Å². The summed E-state index contributed by atoms with van der Waals surface area (Å²) in [7, 11) is 0. The predicted octanol–water partition coefficient (Wildman–Crippen LogP) is 0.475. The fraction of sp³-hybridized carbons (Fsp3) is 0.222. The first-order valence-electron chi connectivity index (χ1n) is 4.69. The van der Waals surface area contributed by atoms with E-state index in [1.807, 2.05) is 5.43 Å². The van der Waals surface area contributed by atoms with Crippen LogP contribution in [0.2, 0.25) is 0 Å². The minimum atomic E-state index is -0.756. The maximum absolute atomic E-state index is 11.3. The van der Waals surface area contributed by atoms with Gasteiger partial charge in [-0.25, -0.2) is 21.5 Å². The summed E-state index contributed by atoms with van der Waals surface area (Å²) in [5.74, 6) is 10.4. The third kappa shape index (κ3) is 2.49. The first-order chi connectivity index (χ1) is 7.88. The number of carbonyl (C=O) groups is 1. The molecule has 1 rings (SSSR count). The Hall–Kier alpha value is -2.19. The fourth-order valence-electron chi connectivity index (χ4n) is 1.36. The topological polar surface area (TPSA) is 128 Å². The van der Waals surface area contributed by atoms with E-state index < -0.39 is 11.0 Å². The highest BCUT2D eigenvalue weighted by molar-refractivity contribution is 5.91. The van der Waals surface area contributed by atoms with Gasteiger partial charge in [-0.15, -0.1) is 0 Å². The molecule has 0 fully saturated rings. The van der Waals surface area contributed by atoms with Crippen LogP contribution in [0.15, 0.2) is 12.1 Å². The van der Waals surface area contributed by atoms with Gasteiger partial charge in [-0.2, -0.15) is 0 Å². The number of hydrazine groups is 2. The summed E-state index contributed by atoms with van der Waals surface area (Å²) in [6.07, 6.45) is 0. The predicted molar refractivity (Wildman–Crippen MR) is 62.0 cm³/mol. The first kappa shape index (κ1) is 12.9. The molecule has 0 unspecified atom stereocenters. The Morgan fingerprint density at radius 1 is 1.47 bits per heavy atom. The molecular weight excluding hydrogens is 226 g/mol. The Labute approximate surface area is 97.3 Å². The molecule has 0 saturated heterocycles. The van der Waals surface area contributed by atoms with Crippen molar-refractivity contribution in [2.45, 2.75) is 13.8 Å². The lowest BCUT2D eigenvalue weighted by Gasteiger charge is -2.18. The molecule has 0 aliphatic heterocycles. The number of nitro benzene ring substituents is 1. The van der Waals surface area contributed by atoms with Gasteiger partial charge in [0.2, 0.25) is 0 Å². The summed E-state index contributed by atoms with van der Waals surface area (Å²) in [4.78, 5) is 21.4. The van der Waals surface area contributed by atoms with Gasteiger partial charge >= 0.3 is 6.03 Å². The minimum Gasteiger partial charge on any atom is -0.274 e. The molecule has 2 amide bonds. The van der Waals surface area contributed by atoms with Crippen molar-refractivity contribution in [2.75, 3.05) is 5.01 Å². The van der Waals surface area contributed by atoms with E-state index in [1.54, 1.807) is 13.8 Å². The van der Waals surface area contributed by atoms with Gasteiger partial charge in [0.15, 0.2) is 0 Å². The van der Waals surface area contributed by atoms with E-state index in [0.717, 1.165) is 5.01 Å². The van der Waals surface area contributed by atoms with Crippen molar-refractivity contribution in [3.8, 4) is 0 Å². The van der Waals surface area contributed by atoms with Crippen LogP contribution in [0.25, 0.3) is 0 Å². The van der Waals surface area contributed by atoms with Gasteiger partial charge in [0, 0.05) is 12.1 Å². The highest BCUT2D eigenvalue weighted by Crippen LogP contribution is 2.27. The van der Waals surface area contributed by atoms with E-state index in [4.69, 9.17) is 11.7 Å². The summed E-state index contributed by atoms with van der Waals surface area (Å²) in [5, 5.41) is 11.4. The zero-order valence-electron chi connectivity index (χ0n) is 9.43. The number of nitrogens with two attached hydrogens (primary N) is 2. The van der Waals surface area contributed by atoms with Crippen molar-refractivity contribution in [1.82, 2.24) is 5.43 Å². The number of nitrogens with zero attached hydrogens (tertiary/aromatic N) is 2. The molecule has 0 saturated carbocycles. The van der Waals surface area contributed by atoms with Crippen LogP contribution >= 0.6 is 0 Å². The average molecular weight is 239 g/mol. The molecule has 8 heteroatoms. The lowest BCUT2D eigenvalue weighted by molar-refractivity contribution is -0.384. The molecule has 8 nitrogen and oxygen atoms in total. The number of amides is 2. The van der Waals surface area contributed by atoms with Crippen molar-refractivity contribution >= 4 is 17.4 Å². The van der Waals surface area contributed by atoms with Gasteiger partial charge in [-0.05, 0) is 25.0 Å². The quantitative estimate of drug-likeness (QED) is 0.299. The molecule has 1 aromatic carbocycles. The standard InChI is InChI=1S/C9H13N5O3/c1-5-3-7(14(16)17)4-8(6(5)2)13(11)9(15)12-10/h3-4H,10-11H2,1-2H3,(H,12,15). The van der Waals surface area contributed by atoms with Crippen LogP contribution < -0.4 is 22.1 Å². The lowest BCUT2D eigenvalue weighted by Crippen LogP contribution is -2.48. The summed E-state index contributed by atoms with van der Waals surface area (Å²) < 4.78 is 0. The Bertz CT molecular complexity index is 474. The largest absolute Gasteiger partial charge is 0.350 e. The monoisotopic (exact) mass is 239 g/mol. The second-order valence-electron chi connectivity index (χ2n) is 3.48. The summed E-state index contributed by atoms with van der Waals surface area (Å²) in [5.41, 5.74) is 3.28. The van der Waals surface area contributed by atoms with Crippen LogP contribution in [-0.2, 0) is 0 Å². The highest BCUT2D eigenvalue weighted by atomic mass is 16.6. The lowest BCUT2D eigenvalue weighted by atomic mass is 10.1. The van der Waals surface area contributed by atoms with Gasteiger partial charge in [-0.1, -0.05) is 0 Å². The minimum absolute atomic E-state index is 0.136. The van der Waals surface area contributed by atoms with Crippen LogP contribution in [0, 0.1) is 24.0 Å². The van der Waals surface area contributed by atoms with Gasteiger partial charge in [0.1, 0.15) is 0 Å². The normalized spacial score (nSPS) is 9.88. The SMILES string of the molecule is Cc1cc([N+](=O)[O-])cc(N(N)C(=O)NN)c1C. The zero-order chi connectivity index (χ0) is 13.2. The van der Waals surface area contributed by atoms with Gasteiger partial charge in [0.25, 0.3) is 5.69 Å². The molecule has 0 atom stereocenters. The number of aryl methyl sites for hydroxylation is 1. The Balaban J connectivity index is 3.31. The van der Waals surface area contributed by atoms with Crippen molar-refractivity contribution < 1.29 is 9.72 Å². The third-order valence-corrected chi connectivity index (χ3v) is 2.44. The number of benzene rings is 1. The molecule has 5 N–H and O–H groups in total. The molecule has 17 heavy (non-hydrogen) atoms. The molecule has 0 aliphatic rings. The van der Waals surface area contributed by atoms with E-state index >= 15 is 0 Å². The summed E-state index contributed by atoms with van der Waals surface area (Å²) >= 11 is 0. The second-order valence-corrected chi connectivity index (χ2v) is 3.48. The number of nitro groups is 1. The average Bonchev–Trinajstić information content (AvgIpc) is 2.30. The van der Waals surface area contributed by atoms with Crippen LogP contribution in [-0.4, -0.2) is 11.0 Å². The molecule has 0 radical (unpaired) electrons. The third-order valence-electron chi connectivity index (χ3n) is 2.44. The molecule has 0 heterocycles. The summed E-state index contributed by atoms with van der Waals surface area (Å²) in [6.45, 7) is 3.40. The van der Waals surface area contributed by atoms with Crippen molar-refractivity contribution in [3.05, 3.63) is 33.4 Å². The fourth-order valence-corrected chi connectivity index (χ4v) is 1.36. The van der Waals surface area contributed by atoms with Crippen LogP contribution in [0.5, 0.6) is 0 Å². The number of nitrogens with one attached hydrogen (secondary N) is 1. The maximum Gasteiger partial charge on any atom is 0.350 e. The number of hydrogen-bond donors (Lipinski definition) is 3. The Morgan fingerprint density at radius 2 is 2.06 bits per heavy atom. The molecule has 0 bridgehead atoms. The molecule has 92 valence electrons. The van der Waals surface area contributed by atoms with Gasteiger partial charge < -0.3 is 0 Å². The van der Waals surface area contributed by atoms with Crippen molar-refractivity contribution in [2.24, 2.45) is 11.7 Å². The highest BCUT2D eigenvalue weighted by Gasteiger charge is 2.18.